The second-order valence-electron chi connectivity index (χ2n) is 8.70. The third-order valence-corrected chi connectivity index (χ3v) is 7.10. The predicted octanol–water partition coefficient (Wildman–Crippen LogP) is 4.74. The van der Waals surface area contributed by atoms with E-state index in [1.165, 1.54) is 0 Å². The highest BCUT2D eigenvalue weighted by atomic mass is 32.2. The standard InChI is InChI=1S/C28H21N3O5S/c32-19(14-25-26(33)29-28(34)37-25)16-35-20-12-10-18(11-13-20)27-31-23(21-8-4-5-9-24(21)36-27)15-22(30-31)17-6-2-1-3-7-17/h1-14,23,27H,15-16H2,(H,29,33,34)/b25-14-. The Hall–Kier alpha value is -4.37. The van der Waals surface area contributed by atoms with Gasteiger partial charge in [0.05, 0.1) is 16.7 Å². The number of hydrazone groups is 1. The zero-order valence-electron chi connectivity index (χ0n) is 19.5. The van der Waals surface area contributed by atoms with Crippen LogP contribution in [0.25, 0.3) is 0 Å². The maximum absolute atomic E-state index is 12.2. The van der Waals surface area contributed by atoms with E-state index < -0.39 is 23.2 Å². The Morgan fingerprint density at radius 1 is 1.05 bits per heavy atom. The third kappa shape index (κ3) is 4.61. The van der Waals surface area contributed by atoms with Gasteiger partial charge in [0, 0.05) is 23.6 Å². The number of para-hydroxylation sites is 1. The molecule has 8 nitrogen and oxygen atoms in total. The first-order chi connectivity index (χ1) is 18.0. The van der Waals surface area contributed by atoms with Crippen LogP contribution in [0.15, 0.2) is 94.9 Å². The molecule has 6 rings (SSSR count). The van der Waals surface area contributed by atoms with E-state index in [0.717, 1.165) is 40.6 Å². The number of rotatable bonds is 6. The lowest BCUT2D eigenvalue weighted by molar-refractivity contribution is -0.118. The summed E-state index contributed by atoms with van der Waals surface area (Å²) in [5.74, 6) is 0.355. The second-order valence-corrected chi connectivity index (χ2v) is 9.71. The Kier molecular flexibility index (Phi) is 5.97. The second kappa shape index (κ2) is 9.59. The Labute approximate surface area is 216 Å². The molecule has 2 unspecified atom stereocenters. The van der Waals surface area contributed by atoms with Crippen molar-refractivity contribution in [1.82, 2.24) is 10.3 Å². The lowest BCUT2D eigenvalue weighted by atomic mass is 9.96. The van der Waals surface area contributed by atoms with Crippen molar-refractivity contribution in [2.45, 2.75) is 18.7 Å². The number of hydrogen-bond acceptors (Lipinski definition) is 8. The van der Waals surface area contributed by atoms with Crippen molar-refractivity contribution in [2.75, 3.05) is 6.61 Å². The van der Waals surface area contributed by atoms with E-state index in [4.69, 9.17) is 14.6 Å². The zero-order valence-corrected chi connectivity index (χ0v) is 20.3. The number of carbonyl (C=O) groups is 3. The van der Waals surface area contributed by atoms with Crippen LogP contribution in [-0.4, -0.2) is 34.3 Å². The van der Waals surface area contributed by atoms with Crippen molar-refractivity contribution in [2.24, 2.45) is 5.10 Å². The van der Waals surface area contributed by atoms with E-state index >= 15 is 0 Å². The summed E-state index contributed by atoms with van der Waals surface area (Å²) in [6.07, 6.45) is 1.49. The first-order valence-electron chi connectivity index (χ1n) is 11.7. The van der Waals surface area contributed by atoms with E-state index in [0.29, 0.717) is 17.5 Å². The molecule has 3 aliphatic heterocycles. The predicted molar refractivity (Wildman–Crippen MR) is 138 cm³/mol. The van der Waals surface area contributed by atoms with Crippen LogP contribution in [0, 0.1) is 0 Å². The van der Waals surface area contributed by atoms with Crippen LogP contribution in [0.2, 0.25) is 0 Å². The minimum atomic E-state index is -0.569. The highest BCUT2D eigenvalue weighted by Crippen LogP contribution is 2.47. The third-order valence-electron chi connectivity index (χ3n) is 6.29. The van der Waals surface area contributed by atoms with Crippen molar-refractivity contribution in [1.29, 1.82) is 0 Å². The van der Waals surface area contributed by atoms with Gasteiger partial charge >= 0.3 is 0 Å². The van der Waals surface area contributed by atoms with Gasteiger partial charge in [0.25, 0.3) is 11.1 Å². The minimum Gasteiger partial charge on any atom is -0.485 e. The lowest BCUT2D eigenvalue weighted by Crippen LogP contribution is -2.33. The normalized spacial score (nSPS) is 21.1. The molecule has 3 aromatic rings. The van der Waals surface area contributed by atoms with Gasteiger partial charge in [-0.05, 0) is 47.7 Å². The molecule has 184 valence electrons. The van der Waals surface area contributed by atoms with Gasteiger partial charge in [0.1, 0.15) is 11.5 Å². The van der Waals surface area contributed by atoms with E-state index in [1.807, 2.05) is 53.5 Å². The summed E-state index contributed by atoms with van der Waals surface area (Å²) in [6, 6.07) is 25.6. The number of imide groups is 1. The Morgan fingerprint density at radius 3 is 2.57 bits per heavy atom. The van der Waals surface area contributed by atoms with Gasteiger partial charge in [0.15, 0.2) is 12.4 Å². The number of amides is 2. The van der Waals surface area contributed by atoms with Crippen molar-refractivity contribution in [3.63, 3.8) is 0 Å². The Balaban J connectivity index is 1.20. The number of nitrogens with zero attached hydrogens (tertiary/aromatic N) is 2. The molecular weight excluding hydrogens is 490 g/mol. The molecule has 1 fully saturated rings. The molecule has 37 heavy (non-hydrogen) atoms. The van der Waals surface area contributed by atoms with E-state index in [1.54, 1.807) is 12.1 Å². The maximum Gasteiger partial charge on any atom is 0.290 e. The van der Waals surface area contributed by atoms with Gasteiger partial charge in [0.2, 0.25) is 6.23 Å². The summed E-state index contributed by atoms with van der Waals surface area (Å²) in [5.41, 5.74) is 4.11. The molecular formula is C28H21N3O5S. The van der Waals surface area contributed by atoms with Crippen LogP contribution in [0.4, 0.5) is 4.79 Å². The number of fused-ring (bicyclic) bond motifs is 3. The summed E-state index contributed by atoms with van der Waals surface area (Å²) < 4.78 is 12.0. The molecule has 3 heterocycles. The SMILES string of the molecule is O=C(/C=C1\SC(=O)NC1=O)COc1ccc(C2Oc3ccccc3C3CC(c4ccccc4)=NN32)cc1. The first-order valence-corrected chi connectivity index (χ1v) is 12.5. The number of carbonyl (C=O) groups excluding carboxylic acids is 3. The largest absolute Gasteiger partial charge is 0.485 e. The smallest absolute Gasteiger partial charge is 0.290 e. The number of nitrogens with one attached hydrogen (secondary N) is 1. The van der Waals surface area contributed by atoms with Gasteiger partial charge in [-0.2, -0.15) is 5.10 Å². The molecule has 3 aliphatic rings. The highest BCUT2D eigenvalue weighted by molar-refractivity contribution is 8.18. The number of hydrogen-bond donors (Lipinski definition) is 1. The van der Waals surface area contributed by atoms with Crippen LogP contribution < -0.4 is 14.8 Å². The molecule has 1 N–H and O–H groups in total. The van der Waals surface area contributed by atoms with Gasteiger partial charge in [-0.3, -0.25) is 19.7 Å². The maximum atomic E-state index is 12.2. The summed E-state index contributed by atoms with van der Waals surface area (Å²) >= 11 is 0.699. The number of benzene rings is 3. The molecule has 2 atom stereocenters. The van der Waals surface area contributed by atoms with Crippen molar-refractivity contribution in [3.8, 4) is 11.5 Å². The molecule has 3 aromatic carbocycles. The van der Waals surface area contributed by atoms with E-state index in [9.17, 15) is 14.4 Å². The minimum absolute atomic E-state index is 0.0595. The summed E-state index contributed by atoms with van der Waals surface area (Å²) in [4.78, 5) is 35.1. The Morgan fingerprint density at radius 2 is 1.81 bits per heavy atom. The van der Waals surface area contributed by atoms with Crippen LogP contribution >= 0.6 is 11.8 Å². The van der Waals surface area contributed by atoms with Gasteiger partial charge in [-0.25, -0.2) is 5.01 Å². The van der Waals surface area contributed by atoms with Crippen LogP contribution in [-0.2, 0) is 9.59 Å². The molecule has 0 aromatic heterocycles. The average Bonchev–Trinajstić information content (AvgIpc) is 3.51. The molecule has 0 radical (unpaired) electrons. The van der Waals surface area contributed by atoms with E-state index in [-0.39, 0.29) is 17.6 Å². The van der Waals surface area contributed by atoms with Crippen molar-refractivity contribution >= 4 is 34.4 Å². The first kappa shape index (κ1) is 23.1. The molecule has 0 saturated carbocycles. The Bertz CT molecular complexity index is 1450. The van der Waals surface area contributed by atoms with Gasteiger partial charge in [-0.1, -0.05) is 48.5 Å². The quantitative estimate of drug-likeness (QED) is 0.477. The molecule has 0 aliphatic carbocycles. The number of ketones is 1. The molecule has 9 heteroatoms. The van der Waals surface area contributed by atoms with Crippen molar-refractivity contribution < 1.29 is 23.9 Å². The fourth-order valence-electron chi connectivity index (χ4n) is 4.55. The summed E-state index contributed by atoms with van der Waals surface area (Å²) in [6.45, 7) is -0.253. The van der Waals surface area contributed by atoms with Gasteiger partial charge < -0.3 is 9.47 Å². The number of ether oxygens (including phenoxy) is 2. The van der Waals surface area contributed by atoms with Crippen LogP contribution in [0.3, 0.4) is 0 Å². The van der Waals surface area contributed by atoms with Crippen molar-refractivity contribution in [3.05, 3.63) is 107 Å². The fraction of sp³-hybridized carbons (Fsp3) is 0.143. The lowest BCUT2D eigenvalue weighted by Gasteiger charge is -2.38. The molecule has 0 bridgehead atoms. The van der Waals surface area contributed by atoms with Gasteiger partial charge in [-0.15, -0.1) is 0 Å². The fourth-order valence-corrected chi connectivity index (χ4v) is 5.23. The molecule has 1 saturated heterocycles. The van der Waals surface area contributed by atoms with E-state index in [2.05, 4.69) is 23.5 Å². The topological polar surface area (TPSA) is 97.3 Å². The van der Waals surface area contributed by atoms with Crippen LogP contribution in [0.5, 0.6) is 11.5 Å². The zero-order chi connectivity index (χ0) is 25.4. The number of thioether (sulfide) groups is 1. The molecule has 0 spiro atoms. The summed E-state index contributed by atoms with van der Waals surface area (Å²) in [5, 5.41) is 8.60. The average molecular weight is 512 g/mol. The van der Waals surface area contributed by atoms with Crippen LogP contribution in [0.1, 0.15) is 35.4 Å². The monoisotopic (exact) mass is 511 g/mol. The summed E-state index contributed by atoms with van der Waals surface area (Å²) in [7, 11) is 0. The highest BCUT2D eigenvalue weighted by Gasteiger charge is 2.40. The molecule has 2 amide bonds.